The fourth-order valence-corrected chi connectivity index (χ4v) is 1.71. The molecule has 6 nitrogen and oxygen atoms in total. The van der Waals surface area contributed by atoms with Crippen LogP contribution < -0.4 is 21.7 Å². The first kappa shape index (κ1) is 15.3. The van der Waals surface area contributed by atoms with E-state index in [0.717, 1.165) is 13.1 Å². The summed E-state index contributed by atoms with van der Waals surface area (Å²) >= 11 is 0. The van der Waals surface area contributed by atoms with E-state index in [0.29, 0.717) is 23.7 Å². The van der Waals surface area contributed by atoms with Crippen molar-refractivity contribution >= 4 is 30.0 Å². The van der Waals surface area contributed by atoms with E-state index in [-0.39, 0.29) is 18.3 Å². The van der Waals surface area contributed by atoms with Gasteiger partial charge in [0.25, 0.3) is 5.91 Å². The zero-order chi connectivity index (χ0) is 13.0. The third kappa shape index (κ3) is 4.42. The largest absolute Gasteiger partial charge is 0.352 e. The molecular formula is C12H17ClN4O2. The Hall–Kier alpha value is -1.79. The van der Waals surface area contributed by atoms with Gasteiger partial charge in [-0.1, -0.05) is 6.07 Å². The Labute approximate surface area is 117 Å². The number of nitrogens with two attached hydrogens (primary N) is 1. The highest BCUT2D eigenvalue weighted by Crippen LogP contribution is 2.10. The molecule has 1 aliphatic heterocycles. The smallest absolute Gasteiger partial charge is 0.316 e. The number of hydrogen-bond acceptors (Lipinski definition) is 3. The van der Waals surface area contributed by atoms with Crippen molar-refractivity contribution in [3.05, 3.63) is 29.8 Å². The number of amides is 3. The molecule has 0 bridgehead atoms. The second-order valence-electron chi connectivity index (χ2n) is 4.30. The van der Waals surface area contributed by atoms with Gasteiger partial charge in [-0.15, -0.1) is 12.4 Å². The molecule has 104 valence electrons. The highest BCUT2D eigenvalue weighted by molar-refractivity contribution is 5.96. The number of rotatable bonds is 4. The SMILES string of the molecule is Cl.NC(=O)Nc1cccc(C(=O)NCC2CNC2)c1. The van der Waals surface area contributed by atoms with Gasteiger partial charge < -0.3 is 21.7 Å². The second-order valence-corrected chi connectivity index (χ2v) is 4.30. The molecule has 1 aromatic rings. The van der Waals surface area contributed by atoms with Crippen LogP contribution in [0.2, 0.25) is 0 Å². The predicted molar refractivity (Wildman–Crippen MR) is 75.6 cm³/mol. The summed E-state index contributed by atoms with van der Waals surface area (Å²) in [4.78, 5) is 22.6. The van der Waals surface area contributed by atoms with Crippen LogP contribution in [0.25, 0.3) is 0 Å². The third-order valence-corrected chi connectivity index (χ3v) is 2.81. The lowest BCUT2D eigenvalue weighted by Crippen LogP contribution is -2.48. The highest BCUT2D eigenvalue weighted by Gasteiger charge is 2.17. The lowest BCUT2D eigenvalue weighted by molar-refractivity contribution is 0.0942. The molecule has 0 atom stereocenters. The number of hydrogen-bond donors (Lipinski definition) is 4. The van der Waals surface area contributed by atoms with Crippen molar-refractivity contribution in [2.24, 2.45) is 11.7 Å². The van der Waals surface area contributed by atoms with E-state index in [1.54, 1.807) is 24.3 Å². The molecule has 0 aliphatic carbocycles. The normalized spacial score (nSPS) is 13.9. The molecule has 1 fully saturated rings. The molecule has 0 radical (unpaired) electrons. The third-order valence-electron chi connectivity index (χ3n) is 2.81. The predicted octanol–water partition coefficient (Wildman–Crippen LogP) is 0.548. The van der Waals surface area contributed by atoms with E-state index in [9.17, 15) is 9.59 Å². The summed E-state index contributed by atoms with van der Waals surface area (Å²) < 4.78 is 0. The first-order valence-electron chi connectivity index (χ1n) is 5.80. The maximum Gasteiger partial charge on any atom is 0.316 e. The van der Waals surface area contributed by atoms with Gasteiger partial charge in [-0.3, -0.25) is 4.79 Å². The maximum absolute atomic E-state index is 11.9. The van der Waals surface area contributed by atoms with Gasteiger partial charge in [0.15, 0.2) is 0 Å². The summed E-state index contributed by atoms with van der Waals surface area (Å²) in [5.41, 5.74) is 6.04. The minimum Gasteiger partial charge on any atom is -0.352 e. The lowest BCUT2D eigenvalue weighted by Gasteiger charge is -2.27. The van der Waals surface area contributed by atoms with Crippen LogP contribution in [0, 0.1) is 5.92 Å². The zero-order valence-electron chi connectivity index (χ0n) is 10.3. The monoisotopic (exact) mass is 284 g/mol. The van der Waals surface area contributed by atoms with Crippen molar-refractivity contribution in [1.82, 2.24) is 10.6 Å². The molecule has 1 saturated heterocycles. The fourth-order valence-electron chi connectivity index (χ4n) is 1.71. The van der Waals surface area contributed by atoms with Crippen LogP contribution in [0.1, 0.15) is 10.4 Å². The standard InChI is InChI=1S/C12H16N4O2.ClH/c13-12(18)16-10-3-1-2-9(4-10)11(17)15-7-8-5-14-6-8;/h1-4,8,14H,5-7H2,(H,15,17)(H3,13,16,18);1H. The molecule has 2 rings (SSSR count). The van der Waals surface area contributed by atoms with Crippen LogP contribution in [0.3, 0.4) is 0 Å². The average molecular weight is 285 g/mol. The molecule has 0 unspecified atom stereocenters. The Bertz CT molecular complexity index is 463. The molecule has 0 saturated carbocycles. The van der Waals surface area contributed by atoms with Crippen molar-refractivity contribution in [3.8, 4) is 0 Å². The van der Waals surface area contributed by atoms with E-state index in [4.69, 9.17) is 5.73 Å². The minimum absolute atomic E-state index is 0. The highest BCUT2D eigenvalue weighted by atomic mass is 35.5. The summed E-state index contributed by atoms with van der Waals surface area (Å²) in [6.45, 7) is 2.56. The first-order valence-corrected chi connectivity index (χ1v) is 5.80. The van der Waals surface area contributed by atoms with Crippen molar-refractivity contribution in [1.29, 1.82) is 0 Å². The molecule has 1 aliphatic rings. The molecular weight excluding hydrogens is 268 g/mol. The van der Waals surface area contributed by atoms with Crippen molar-refractivity contribution in [2.75, 3.05) is 25.0 Å². The minimum atomic E-state index is -0.645. The van der Waals surface area contributed by atoms with Gasteiger partial charge in [-0.25, -0.2) is 4.79 Å². The second kappa shape index (κ2) is 6.96. The number of nitrogens with one attached hydrogen (secondary N) is 3. The molecule has 1 heterocycles. The summed E-state index contributed by atoms with van der Waals surface area (Å²) in [5.74, 6) is 0.371. The number of carbonyl (C=O) groups is 2. The van der Waals surface area contributed by atoms with E-state index in [1.807, 2.05) is 0 Å². The molecule has 19 heavy (non-hydrogen) atoms. The van der Waals surface area contributed by atoms with Crippen LogP contribution in [-0.4, -0.2) is 31.6 Å². The van der Waals surface area contributed by atoms with Crippen LogP contribution in [0.5, 0.6) is 0 Å². The number of anilines is 1. The zero-order valence-corrected chi connectivity index (χ0v) is 11.1. The van der Waals surface area contributed by atoms with Crippen LogP contribution in [0.4, 0.5) is 10.5 Å². The average Bonchev–Trinajstić information content (AvgIpc) is 2.26. The lowest BCUT2D eigenvalue weighted by atomic mass is 10.0. The van der Waals surface area contributed by atoms with Gasteiger partial charge in [-0.05, 0) is 18.2 Å². The first-order chi connectivity index (χ1) is 8.65. The Morgan fingerprint density at radius 2 is 2.11 bits per heavy atom. The number of benzene rings is 1. The van der Waals surface area contributed by atoms with Gasteiger partial charge in [0.05, 0.1) is 0 Å². The summed E-state index contributed by atoms with van der Waals surface area (Å²) in [5, 5.41) is 8.44. The maximum atomic E-state index is 11.9. The number of halogens is 1. The van der Waals surface area contributed by atoms with E-state index in [2.05, 4.69) is 16.0 Å². The number of primary amides is 1. The Kier molecular flexibility index (Phi) is 5.59. The van der Waals surface area contributed by atoms with Crippen molar-refractivity contribution in [3.63, 3.8) is 0 Å². The van der Waals surface area contributed by atoms with Gasteiger partial charge >= 0.3 is 6.03 Å². The van der Waals surface area contributed by atoms with E-state index in [1.165, 1.54) is 0 Å². The quantitative estimate of drug-likeness (QED) is 0.650. The van der Waals surface area contributed by atoms with E-state index >= 15 is 0 Å². The Morgan fingerprint density at radius 3 is 2.68 bits per heavy atom. The molecule has 3 amide bonds. The van der Waals surface area contributed by atoms with Gasteiger partial charge in [-0.2, -0.15) is 0 Å². The van der Waals surface area contributed by atoms with E-state index < -0.39 is 6.03 Å². The summed E-state index contributed by atoms with van der Waals surface area (Å²) in [7, 11) is 0. The topological polar surface area (TPSA) is 96.2 Å². The number of urea groups is 1. The van der Waals surface area contributed by atoms with Crippen molar-refractivity contribution < 1.29 is 9.59 Å². The van der Waals surface area contributed by atoms with Gasteiger partial charge in [0.2, 0.25) is 0 Å². The molecule has 5 N–H and O–H groups in total. The Morgan fingerprint density at radius 1 is 1.37 bits per heavy atom. The molecule has 1 aromatic carbocycles. The van der Waals surface area contributed by atoms with Gasteiger partial charge in [0.1, 0.15) is 0 Å². The van der Waals surface area contributed by atoms with Crippen LogP contribution in [-0.2, 0) is 0 Å². The van der Waals surface area contributed by atoms with Gasteiger partial charge in [0, 0.05) is 36.8 Å². The van der Waals surface area contributed by atoms with Crippen LogP contribution in [0.15, 0.2) is 24.3 Å². The summed E-state index contributed by atoms with van der Waals surface area (Å²) in [6.07, 6.45) is 0. The molecule has 0 aromatic heterocycles. The van der Waals surface area contributed by atoms with Crippen LogP contribution >= 0.6 is 12.4 Å². The van der Waals surface area contributed by atoms with Crippen molar-refractivity contribution in [2.45, 2.75) is 0 Å². The number of carbonyl (C=O) groups excluding carboxylic acids is 2. The summed E-state index contributed by atoms with van der Waals surface area (Å²) in [6, 6.07) is 6.02. The molecule has 0 spiro atoms. The fraction of sp³-hybridized carbons (Fsp3) is 0.333. The molecule has 7 heteroatoms. The Balaban J connectivity index is 0.00000180.